The lowest BCUT2D eigenvalue weighted by Crippen LogP contribution is -2.44. The summed E-state index contributed by atoms with van der Waals surface area (Å²) in [4.78, 5) is 12.8. The molecule has 1 aromatic carbocycles. The van der Waals surface area contributed by atoms with Gasteiger partial charge in [0.1, 0.15) is 5.60 Å². The summed E-state index contributed by atoms with van der Waals surface area (Å²) < 4.78 is 17.4. The monoisotopic (exact) mass is 348 g/mol. The molecule has 1 fully saturated rings. The normalized spacial score (nSPS) is 21.7. The second kappa shape index (κ2) is 6.42. The Bertz CT molecular complexity index is 604. The molecule has 138 valence electrons. The molecule has 0 unspecified atom stereocenters. The van der Waals surface area contributed by atoms with Crippen LogP contribution in [0.5, 0.6) is 0 Å². The van der Waals surface area contributed by atoms with E-state index in [1.807, 2.05) is 33.8 Å². The number of carbonyl (C=O) groups excluding carboxylic acids is 1. The van der Waals surface area contributed by atoms with E-state index in [0.717, 1.165) is 0 Å². The Morgan fingerprint density at radius 3 is 2.00 bits per heavy atom. The van der Waals surface area contributed by atoms with Crippen molar-refractivity contribution >= 4 is 13.1 Å². The van der Waals surface area contributed by atoms with Crippen molar-refractivity contribution in [3.05, 3.63) is 35.9 Å². The number of hydrogen-bond acceptors (Lipinski definition) is 5. The largest absolute Gasteiger partial charge is 0.461 e. The van der Waals surface area contributed by atoms with E-state index in [0.29, 0.717) is 5.56 Å². The SMILES string of the molecule is CC(C)(C)OC(=O)[C@@](O)(CB1OC(C)(C)C(C)(C)O1)c1ccccc1. The molecule has 0 spiro atoms. The molecule has 0 aliphatic carbocycles. The molecule has 0 bridgehead atoms. The molecule has 25 heavy (non-hydrogen) atoms. The van der Waals surface area contributed by atoms with E-state index in [2.05, 4.69) is 0 Å². The van der Waals surface area contributed by atoms with E-state index in [9.17, 15) is 9.90 Å². The molecule has 1 aliphatic rings. The van der Waals surface area contributed by atoms with Gasteiger partial charge in [-0.05, 0) is 54.0 Å². The van der Waals surface area contributed by atoms with Crippen molar-refractivity contribution in [2.75, 3.05) is 0 Å². The van der Waals surface area contributed by atoms with Gasteiger partial charge in [-0.15, -0.1) is 0 Å². The molecule has 0 amide bonds. The average Bonchev–Trinajstić information content (AvgIpc) is 2.65. The minimum atomic E-state index is -1.85. The Morgan fingerprint density at radius 1 is 1.08 bits per heavy atom. The van der Waals surface area contributed by atoms with E-state index < -0.39 is 35.5 Å². The minimum absolute atomic E-state index is 0.0429. The summed E-state index contributed by atoms with van der Waals surface area (Å²) in [5.74, 6) is -0.707. The van der Waals surface area contributed by atoms with Gasteiger partial charge in [0, 0.05) is 6.32 Å². The molecule has 1 aliphatic heterocycles. The maximum Gasteiger partial charge on any atom is 0.461 e. The van der Waals surface area contributed by atoms with Gasteiger partial charge >= 0.3 is 13.1 Å². The maximum absolute atomic E-state index is 12.8. The Kier molecular flexibility index (Phi) is 5.12. The summed E-state index contributed by atoms with van der Waals surface area (Å²) in [6.07, 6.45) is -0.0429. The van der Waals surface area contributed by atoms with E-state index in [4.69, 9.17) is 14.0 Å². The molecule has 1 aromatic rings. The fraction of sp³-hybridized carbons (Fsp3) is 0.632. The average molecular weight is 348 g/mol. The van der Waals surface area contributed by atoms with E-state index in [-0.39, 0.29) is 6.32 Å². The fourth-order valence-electron chi connectivity index (χ4n) is 2.69. The number of benzene rings is 1. The zero-order chi connectivity index (χ0) is 19.1. The number of esters is 1. The van der Waals surface area contributed by atoms with Crippen molar-refractivity contribution in [3.8, 4) is 0 Å². The highest BCUT2D eigenvalue weighted by molar-refractivity contribution is 6.46. The van der Waals surface area contributed by atoms with E-state index in [1.54, 1.807) is 45.0 Å². The maximum atomic E-state index is 12.8. The van der Waals surface area contributed by atoms with Crippen molar-refractivity contribution in [2.24, 2.45) is 0 Å². The molecule has 0 saturated carbocycles. The molecule has 0 aromatic heterocycles. The predicted octanol–water partition coefficient (Wildman–Crippen LogP) is 3.31. The number of ether oxygens (including phenoxy) is 1. The predicted molar refractivity (Wildman–Crippen MR) is 97.1 cm³/mol. The van der Waals surface area contributed by atoms with Gasteiger partial charge in [-0.25, -0.2) is 4.79 Å². The van der Waals surface area contributed by atoms with Crippen LogP contribution in [-0.2, 0) is 24.4 Å². The van der Waals surface area contributed by atoms with Gasteiger partial charge < -0.3 is 19.2 Å². The van der Waals surface area contributed by atoms with Gasteiger partial charge in [0.15, 0.2) is 5.60 Å². The fourth-order valence-corrected chi connectivity index (χ4v) is 2.69. The number of aliphatic hydroxyl groups is 1. The molecule has 1 saturated heterocycles. The standard InChI is InChI=1S/C19H29BO5/c1-16(2,3)23-15(21)19(22,14-11-9-8-10-12-14)13-20-24-17(4,5)18(6,7)25-20/h8-12,22H,13H2,1-7H3/t19-/m1/s1. The minimum Gasteiger partial charge on any atom is -0.458 e. The van der Waals surface area contributed by atoms with Gasteiger partial charge in [-0.1, -0.05) is 30.3 Å². The van der Waals surface area contributed by atoms with Gasteiger partial charge in [0.25, 0.3) is 0 Å². The Morgan fingerprint density at radius 2 is 1.56 bits per heavy atom. The van der Waals surface area contributed by atoms with Crippen LogP contribution < -0.4 is 0 Å². The molecule has 6 heteroatoms. The van der Waals surface area contributed by atoms with Gasteiger partial charge in [0.2, 0.25) is 0 Å². The highest BCUT2D eigenvalue weighted by Crippen LogP contribution is 2.41. The first-order valence-corrected chi connectivity index (χ1v) is 8.64. The number of hydrogen-bond donors (Lipinski definition) is 1. The Labute approximate surface area is 150 Å². The van der Waals surface area contributed by atoms with Crippen LogP contribution in [-0.4, -0.2) is 35.0 Å². The Hall–Kier alpha value is -1.37. The van der Waals surface area contributed by atoms with Gasteiger partial charge in [-0.2, -0.15) is 0 Å². The Balaban J connectivity index is 2.32. The lowest BCUT2D eigenvalue weighted by atomic mass is 9.71. The summed E-state index contributed by atoms with van der Waals surface area (Å²) >= 11 is 0. The third kappa shape index (κ3) is 4.25. The van der Waals surface area contributed by atoms with E-state index in [1.165, 1.54) is 0 Å². The second-order valence-corrected chi connectivity index (χ2v) is 8.62. The van der Waals surface area contributed by atoms with Crippen LogP contribution in [0, 0.1) is 0 Å². The number of rotatable bonds is 4. The smallest absolute Gasteiger partial charge is 0.458 e. The highest BCUT2D eigenvalue weighted by Gasteiger charge is 2.55. The highest BCUT2D eigenvalue weighted by atomic mass is 16.7. The zero-order valence-corrected chi connectivity index (χ0v) is 16.3. The molecule has 0 radical (unpaired) electrons. The lowest BCUT2D eigenvalue weighted by molar-refractivity contribution is -0.177. The summed E-state index contributed by atoms with van der Waals surface area (Å²) in [7, 11) is -0.720. The van der Waals surface area contributed by atoms with Crippen LogP contribution in [0.25, 0.3) is 0 Å². The molecule has 1 heterocycles. The molecular weight excluding hydrogens is 319 g/mol. The van der Waals surface area contributed by atoms with Crippen molar-refractivity contribution in [1.29, 1.82) is 0 Å². The van der Waals surface area contributed by atoms with Crippen LogP contribution in [0.4, 0.5) is 0 Å². The first-order chi connectivity index (χ1) is 11.3. The first-order valence-electron chi connectivity index (χ1n) is 8.64. The van der Waals surface area contributed by atoms with E-state index >= 15 is 0 Å². The van der Waals surface area contributed by atoms with Crippen LogP contribution in [0.2, 0.25) is 6.32 Å². The molecule has 1 N–H and O–H groups in total. The summed E-state index contributed by atoms with van der Waals surface area (Å²) in [6, 6.07) is 8.78. The summed E-state index contributed by atoms with van der Waals surface area (Å²) in [6.45, 7) is 13.0. The van der Waals surface area contributed by atoms with Crippen LogP contribution >= 0.6 is 0 Å². The second-order valence-electron chi connectivity index (χ2n) is 8.62. The summed E-state index contributed by atoms with van der Waals surface area (Å²) in [5.41, 5.74) is -3.18. The molecule has 5 nitrogen and oxygen atoms in total. The zero-order valence-electron chi connectivity index (χ0n) is 16.3. The van der Waals surface area contributed by atoms with Crippen molar-refractivity contribution < 1.29 is 23.9 Å². The lowest BCUT2D eigenvalue weighted by Gasteiger charge is -2.32. The van der Waals surface area contributed by atoms with Crippen molar-refractivity contribution in [2.45, 2.75) is 77.2 Å². The van der Waals surface area contributed by atoms with Crippen LogP contribution in [0.1, 0.15) is 54.0 Å². The summed E-state index contributed by atoms with van der Waals surface area (Å²) in [5, 5.41) is 11.3. The third-order valence-corrected chi connectivity index (χ3v) is 4.75. The van der Waals surface area contributed by atoms with Crippen molar-refractivity contribution in [1.82, 2.24) is 0 Å². The first kappa shape index (κ1) is 20.0. The topological polar surface area (TPSA) is 65.0 Å². The van der Waals surface area contributed by atoms with Crippen LogP contribution in [0.15, 0.2) is 30.3 Å². The van der Waals surface area contributed by atoms with Crippen molar-refractivity contribution in [3.63, 3.8) is 0 Å². The van der Waals surface area contributed by atoms with Gasteiger partial charge in [0.05, 0.1) is 11.2 Å². The molecule has 2 rings (SSSR count). The molecule has 1 atom stereocenters. The third-order valence-electron chi connectivity index (χ3n) is 4.75. The molecular formula is C19H29BO5. The quantitative estimate of drug-likeness (QED) is 0.668. The van der Waals surface area contributed by atoms with Gasteiger partial charge in [-0.3, -0.25) is 0 Å². The van der Waals surface area contributed by atoms with Crippen LogP contribution in [0.3, 0.4) is 0 Å². The number of carbonyl (C=O) groups is 1.